The summed E-state index contributed by atoms with van der Waals surface area (Å²) < 4.78 is 29.8. The molecule has 0 amide bonds. The second-order valence-electron chi connectivity index (χ2n) is 4.87. The van der Waals surface area contributed by atoms with E-state index in [4.69, 9.17) is 5.11 Å². The van der Waals surface area contributed by atoms with Gasteiger partial charge in [0.25, 0.3) is 10.2 Å². The van der Waals surface area contributed by atoms with Crippen molar-refractivity contribution in [2.24, 2.45) is 5.92 Å². The Hall–Kier alpha value is -1.52. The van der Waals surface area contributed by atoms with Crippen LogP contribution in [0.15, 0.2) is 6.33 Å². The molecular formula is C11H19N5O4S. The number of hydrogen-bond acceptors (Lipinski definition) is 5. The van der Waals surface area contributed by atoms with E-state index in [1.54, 1.807) is 10.9 Å². The molecule has 0 unspecified atom stereocenters. The zero-order valence-corrected chi connectivity index (χ0v) is 12.6. The lowest BCUT2D eigenvalue weighted by Crippen LogP contribution is -2.45. The Morgan fingerprint density at radius 3 is 2.71 bits per heavy atom. The van der Waals surface area contributed by atoms with E-state index >= 15 is 0 Å². The standard InChI is InChI=1S/C11H19N5O4S/c1-2-15-8-12-14-10(15)7-13-21(19,20)16-5-3-9(4-6-16)11(17)18/h8-9,13H,2-7H2,1H3,(H,17,18). The van der Waals surface area contributed by atoms with Gasteiger partial charge in [-0.3, -0.25) is 4.79 Å². The molecule has 1 fully saturated rings. The summed E-state index contributed by atoms with van der Waals surface area (Å²) in [5.41, 5.74) is 0. The fourth-order valence-electron chi connectivity index (χ4n) is 2.27. The molecule has 9 nitrogen and oxygen atoms in total. The van der Waals surface area contributed by atoms with Crippen LogP contribution in [0, 0.1) is 5.92 Å². The van der Waals surface area contributed by atoms with Crippen LogP contribution in [0.4, 0.5) is 0 Å². The molecule has 1 aliphatic heterocycles. The summed E-state index contributed by atoms with van der Waals surface area (Å²) in [6.07, 6.45) is 2.21. The van der Waals surface area contributed by atoms with Gasteiger partial charge in [0.1, 0.15) is 12.2 Å². The van der Waals surface area contributed by atoms with Crippen molar-refractivity contribution >= 4 is 16.2 Å². The molecule has 0 aliphatic carbocycles. The second-order valence-corrected chi connectivity index (χ2v) is 6.63. The van der Waals surface area contributed by atoms with Crippen molar-refractivity contribution in [3.63, 3.8) is 0 Å². The maximum Gasteiger partial charge on any atom is 0.306 e. The van der Waals surface area contributed by atoms with Crippen LogP contribution in [0.2, 0.25) is 0 Å². The summed E-state index contributed by atoms with van der Waals surface area (Å²) in [6.45, 7) is 3.07. The summed E-state index contributed by atoms with van der Waals surface area (Å²) in [5, 5.41) is 16.5. The first kappa shape index (κ1) is 15.9. The smallest absolute Gasteiger partial charge is 0.306 e. The highest BCUT2D eigenvalue weighted by Crippen LogP contribution is 2.19. The van der Waals surface area contributed by atoms with Crippen molar-refractivity contribution < 1.29 is 18.3 Å². The lowest BCUT2D eigenvalue weighted by atomic mass is 9.99. The maximum atomic E-state index is 12.2. The summed E-state index contributed by atoms with van der Waals surface area (Å²) in [7, 11) is -3.62. The molecule has 1 aromatic rings. The van der Waals surface area contributed by atoms with Crippen molar-refractivity contribution in [2.75, 3.05) is 13.1 Å². The lowest BCUT2D eigenvalue weighted by Gasteiger charge is -2.29. The first-order valence-corrected chi connectivity index (χ1v) is 8.22. The van der Waals surface area contributed by atoms with Gasteiger partial charge in [-0.05, 0) is 19.8 Å². The number of rotatable bonds is 6. The number of aliphatic carboxylic acids is 1. The average Bonchev–Trinajstić information content (AvgIpc) is 2.93. The molecule has 1 saturated heterocycles. The molecule has 0 atom stereocenters. The van der Waals surface area contributed by atoms with Gasteiger partial charge in [0, 0.05) is 19.6 Å². The van der Waals surface area contributed by atoms with Gasteiger partial charge in [-0.15, -0.1) is 10.2 Å². The molecule has 0 bridgehead atoms. The van der Waals surface area contributed by atoms with Gasteiger partial charge in [-0.2, -0.15) is 17.4 Å². The first-order chi connectivity index (χ1) is 9.94. The van der Waals surface area contributed by atoms with Gasteiger partial charge in [-0.25, -0.2) is 0 Å². The average molecular weight is 317 g/mol. The van der Waals surface area contributed by atoms with Crippen molar-refractivity contribution in [2.45, 2.75) is 32.9 Å². The molecule has 2 N–H and O–H groups in total. The van der Waals surface area contributed by atoms with Gasteiger partial charge in [0.05, 0.1) is 12.5 Å². The topological polar surface area (TPSA) is 117 Å². The summed E-state index contributed by atoms with van der Waals surface area (Å²) in [6, 6.07) is 0. The highest BCUT2D eigenvalue weighted by atomic mass is 32.2. The van der Waals surface area contributed by atoms with E-state index in [0.717, 1.165) is 0 Å². The Kier molecular flexibility index (Phi) is 4.91. The number of aromatic nitrogens is 3. The molecule has 0 saturated carbocycles. The molecule has 0 aromatic carbocycles. The van der Waals surface area contributed by atoms with Gasteiger partial charge in [-0.1, -0.05) is 0 Å². The zero-order chi connectivity index (χ0) is 15.5. The molecule has 2 rings (SSSR count). The van der Waals surface area contributed by atoms with Crippen molar-refractivity contribution in [1.29, 1.82) is 0 Å². The van der Waals surface area contributed by atoms with Crippen molar-refractivity contribution in [3.05, 3.63) is 12.2 Å². The number of hydrogen-bond donors (Lipinski definition) is 2. The third kappa shape index (κ3) is 3.77. The molecule has 21 heavy (non-hydrogen) atoms. The molecule has 2 heterocycles. The fourth-order valence-corrected chi connectivity index (χ4v) is 3.46. The number of nitrogens with one attached hydrogen (secondary N) is 1. The number of carboxylic acid groups (broad SMARTS) is 1. The Morgan fingerprint density at radius 1 is 1.48 bits per heavy atom. The van der Waals surface area contributed by atoms with Crippen LogP contribution in [-0.2, 0) is 28.1 Å². The van der Waals surface area contributed by atoms with Crippen LogP contribution in [0.3, 0.4) is 0 Å². The Morgan fingerprint density at radius 2 is 2.14 bits per heavy atom. The van der Waals surface area contributed by atoms with E-state index in [-0.39, 0.29) is 19.6 Å². The SMILES string of the molecule is CCn1cnnc1CNS(=O)(=O)N1CCC(C(=O)O)CC1. The Labute approximate surface area is 123 Å². The van der Waals surface area contributed by atoms with Crippen LogP contribution in [-0.4, -0.2) is 51.7 Å². The third-order valence-corrected chi connectivity index (χ3v) is 5.15. The maximum absolute atomic E-state index is 12.2. The molecule has 0 spiro atoms. The third-order valence-electron chi connectivity index (χ3n) is 3.59. The lowest BCUT2D eigenvalue weighted by molar-refractivity contribution is -0.142. The largest absolute Gasteiger partial charge is 0.481 e. The molecule has 10 heteroatoms. The zero-order valence-electron chi connectivity index (χ0n) is 11.8. The quantitative estimate of drug-likeness (QED) is 0.725. The van der Waals surface area contributed by atoms with Crippen LogP contribution >= 0.6 is 0 Å². The van der Waals surface area contributed by atoms with Gasteiger partial charge in [0.15, 0.2) is 0 Å². The Balaban J connectivity index is 1.92. The predicted molar refractivity (Wildman–Crippen MR) is 73.4 cm³/mol. The van der Waals surface area contributed by atoms with E-state index in [0.29, 0.717) is 25.2 Å². The minimum absolute atomic E-state index is 0.0645. The van der Waals surface area contributed by atoms with Crippen molar-refractivity contribution in [1.82, 2.24) is 23.8 Å². The number of aryl methyl sites for hydroxylation is 1. The van der Waals surface area contributed by atoms with Crippen LogP contribution < -0.4 is 4.72 Å². The second kappa shape index (κ2) is 6.50. The van der Waals surface area contributed by atoms with Gasteiger partial charge >= 0.3 is 5.97 Å². The summed E-state index contributed by atoms with van der Waals surface area (Å²) in [4.78, 5) is 10.9. The van der Waals surface area contributed by atoms with E-state index in [9.17, 15) is 13.2 Å². The number of carbonyl (C=O) groups is 1. The minimum Gasteiger partial charge on any atom is -0.481 e. The van der Waals surface area contributed by atoms with Gasteiger partial charge in [0.2, 0.25) is 0 Å². The number of carboxylic acids is 1. The van der Waals surface area contributed by atoms with Gasteiger partial charge < -0.3 is 9.67 Å². The predicted octanol–water partition coefficient (Wildman–Crippen LogP) is -0.571. The van der Waals surface area contributed by atoms with E-state index in [2.05, 4.69) is 14.9 Å². The highest BCUT2D eigenvalue weighted by Gasteiger charge is 2.30. The first-order valence-electron chi connectivity index (χ1n) is 6.78. The Bertz CT molecular complexity index is 592. The van der Waals surface area contributed by atoms with E-state index < -0.39 is 22.1 Å². The molecular weight excluding hydrogens is 298 g/mol. The molecule has 0 radical (unpaired) electrons. The van der Waals surface area contributed by atoms with E-state index in [1.807, 2.05) is 6.92 Å². The van der Waals surface area contributed by atoms with Crippen molar-refractivity contribution in [3.8, 4) is 0 Å². The molecule has 118 valence electrons. The molecule has 1 aromatic heterocycles. The van der Waals surface area contributed by atoms with E-state index in [1.165, 1.54) is 4.31 Å². The van der Waals surface area contributed by atoms with Crippen LogP contribution in [0.25, 0.3) is 0 Å². The normalized spacial score (nSPS) is 18.0. The number of piperidine rings is 1. The number of nitrogens with zero attached hydrogens (tertiary/aromatic N) is 4. The molecule has 1 aliphatic rings. The van der Waals surface area contributed by atoms with Crippen LogP contribution in [0.5, 0.6) is 0 Å². The minimum atomic E-state index is -3.62. The monoisotopic (exact) mass is 317 g/mol. The summed E-state index contributed by atoms with van der Waals surface area (Å²) in [5.74, 6) is -0.780. The van der Waals surface area contributed by atoms with Crippen LogP contribution in [0.1, 0.15) is 25.6 Å². The summed E-state index contributed by atoms with van der Waals surface area (Å²) >= 11 is 0. The highest BCUT2D eigenvalue weighted by molar-refractivity contribution is 7.87. The fraction of sp³-hybridized carbons (Fsp3) is 0.727.